The van der Waals surface area contributed by atoms with Gasteiger partial charge in [-0.3, -0.25) is 4.79 Å². The van der Waals surface area contributed by atoms with E-state index in [4.69, 9.17) is 13.9 Å². The maximum atomic E-state index is 13.4. The topological polar surface area (TPSA) is 69.0 Å². The van der Waals surface area contributed by atoms with Gasteiger partial charge in [0.15, 0.2) is 5.76 Å². The summed E-state index contributed by atoms with van der Waals surface area (Å²) < 4.78 is 17.2. The number of hydrogen-bond donors (Lipinski definition) is 0. The van der Waals surface area contributed by atoms with Gasteiger partial charge in [-0.2, -0.15) is 0 Å². The SMILES string of the molecule is COc1cc(C)ccc1-c1oc(C(=O)C2CC3CC2N(C(=O)OC(C)(C)C)C3)cc1C. The number of aryl methyl sites for hydroxylation is 2. The first-order chi connectivity index (χ1) is 14.6. The van der Waals surface area contributed by atoms with Crippen LogP contribution in [0.3, 0.4) is 0 Å². The third kappa shape index (κ3) is 4.08. The van der Waals surface area contributed by atoms with Gasteiger partial charge in [-0.25, -0.2) is 4.79 Å². The maximum Gasteiger partial charge on any atom is 0.410 e. The summed E-state index contributed by atoms with van der Waals surface area (Å²) in [6.07, 6.45) is 1.29. The number of hydrogen-bond acceptors (Lipinski definition) is 5. The molecule has 3 unspecified atom stereocenters. The number of Topliss-reactive ketones (excluding diaryl/α,β-unsaturated/α-hetero) is 1. The molecule has 2 bridgehead atoms. The second kappa shape index (κ2) is 7.74. The first-order valence-corrected chi connectivity index (χ1v) is 10.9. The lowest BCUT2D eigenvalue weighted by Crippen LogP contribution is -2.46. The number of likely N-dealkylation sites (tertiary alicyclic amines) is 1. The van der Waals surface area contributed by atoms with Crippen molar-refractivity contribution in [3.63, 3.8) is 0 Å². The summed E-state index contributed by atoms with van der Waals surface area (Å²) in [5.41, 5.74) is 2.24. The number of rotatable bonds is 4. The number of benzene rings is 1. The summed E-state index contributed by atoms with van der Waals surface area (Å²) in [5.74, 6) is 1.74. The Morgan fingerprint density at radius 2 is 1.87 bits per heavy atom. The van der Waals surface area contributed by atoms with E-state index in [2.05, 4.69) is 0 Å². The van der Waals surface area contributed by atoms with E-state index in [1.807, 2.05) is 52.8 Å². The highest BCUT2D eigenvalue weighted by atomic mass is 16.6. The number of carbonyl (C=O) groups excluding carboxylic acids is 2. The lowest BCUT2D eigenvalue weighted by atomic mass is 9.92. The highest BCUT2D eigenvalue weighted by molar-refractivity contribution is 5.97. The number of carbonyl (C=O) groups is 2. The van der Waals surface area contributed by atoms with E-state index in [0.717, 1.165) is 29.5 Å². The average Bonchev–Trinajstić information content (AvgIpc) is 3.40. The zero-order chi connectivity index (χ0) is 22.5. The van der Waals surface area contributed by atoms with Gasteiger partial charge in [0.05, 0.1) is 12.7 Å². The lowest BCUT2D eigenvalue weighted by molar-refractivity contribution is 0.0137. The van der Waals surface area contributed by atoms with Gasteiger partial charge in [0.25, 0.3) is 0 Å². The van der Waals surface area contributed by atoms with Crippen molar-refractivity contribution in [2.45, 2.75) is 59.1 Å². The van der Waals surface area contributed by atoms with E-state index in [9.17, 15) is 9.59 Å². The Morgan fingerprint density at radius 3 is 2.52 bits per heavy atom. The minimum atomic E-state index is -0.557. The van der Waals surface area contributed by atoms with Crippen molar-refractivity contribution >= 4 is 11.9 Å². The lowest BCUT2D eigenvalue weighted by Gasteiger charge is -2.33. The van der Waals surface area contributed by atoms with Crippen molar-refractivity contribution in [1.29, 1.82) is 0 Å². The fraction of sp³-hybridized carbons (Fsp3) is 0.520. The molecule has 3 atom stereocenters. The highest BCUT2D eigenvalue weighted by Crippen LogP contribution is 2.44. The van der Waals surface area contributed by atoms with Crippen molar-refractivity contribution in [2.75, 3.05) is 13.7 Å². The van der Waals surface area contributed by atoms with E-state index in [-0.39, 0.29) is 23.8 Å². The van der Waals surface area contributed by atoms with Crippen molar-refractivity contribution < 1.29 is 23.5 Å². The number of fused-ring (bicyclic) bond motifs is 2. The smallest absolute Gasteiger partial charge is 0.410 e. The second-order valence-electron chi connectivity index (χ2n) is 9.83. The largest absolute Gasteiger partial charge is 0.496 e. The molecular weight excluding hydrogens is 394 g/mol. The van der Waals surface area contributed by atoms with Gasteiger partial charge in [0.2, 0.25) is 5.78 Å². The third-order valence-corrected chi connectivity index (χ3v) is 6.21. The molecule has 1 aliphatic carbocycles. The van der Waals surface area contributed by atoms with E-state index in [0.29, 0.717) is 29.7 Å². The summed E-state index contributed by atoms with van der Waals surface area (Å²) in [7, 11) is 1.63. The number of methoxy groups -OCH3 is 1. The molecule has 1 saturated heterocycles. The Labute approximate surface area is 183 Å². The number of piperidine rings is 1. The Balaban J connectivity index is 1.57. The molecule has 2 aliphatic rings. The summed E-state index contributed by atoms with van der Waals surface area (Å²) in [6.45, 7) is 10.2. The van der Waals surface area contributed by atoms with Crippen molar-refractivity contribution in [2.24, 2.45) is 11.8 Å². The second-order valence-corrected chi connectivity index (χ2v) is 9.83. The van der Waals surface area contributed by atoms with Crippen LogP contribution in [-0.2, 0) is 4.74 Å². The molecule has 1 aromatic heterocycles. The van der Waals surface area contributed by atoms with Crippen LogP contribution in [0.25, 0.3) is 11.3 Å². The zero-order valence-corrected chi connectivity index (χ0v) is 19.2. The summed E-state index contributed by atoms with van der Waals surface area (Å²) in [5, 5.41) is 0. The molecule has 1 aromatic carbocycles. The first-order valence-electron chi connectivity index (χ1n) is 10.9. The van der Waals surface area contributed by atoms with Crippen LogP contribution in [0.1, 0.15) is 55.3 Å². The number of ketones is 1. The molecule has 4 rings (SSSR count). The zero-order valence-electron chi connectivity index (χ0n) is 19.2. The van der Waals surface area contributed by atoms with Gasteiger partial charge in [0.1, 0.15) is 17.1 Å². The minimum Gasteiger partial charge on any atom is -0.496 e. The van der Waals surface area contributed by atoms with Gasteiger partial charge >= 0.3 is 6.09 Å². The molecular formula is C25H31NO5. The van der Waals surface area contributed by atoms with Crippen LogP contribution in [0.4, 0.5) is 4.79 Å². The Bertz CT molecular complexity index is 1020. The number of nitrogens with zero attached hydrogens (tertiary/aromatic N) is 1. The van der Waals surface area contributed by atoms with Gasteiger partial charge in [-0.05, 0) is 82.7 Å². The fourth-order valence-corrected chi connectivity index (χ4v) is 4.88. The van der Waals surface area contributed by atoms with Crippen molar-refractivity contribution in [1.82, 2.24) is 4.90 Å². The number of furan rings is 1. The van der Waals surface area contributed by atoms with E-state index < -0.39 is 5.60 Å². The van der Waals surface area contributed by atoms with Crippen LogP contribution in [0.15, 0.2) is 28.7 Å². The van der Waals surface area contributed by atoms with Crippen LogP contribution < -0.4 is 4.74 Å². The van der Waals surface area contributed by atoms with Gasteiger partial charge in [0, 0.05) is 18.5 Å². The van der Waals surface area contributed by atoms with Crippen LogP contribution in [0.5, 0.6) is 5.75 Å². The predicted octanol–water partition coefficient (Wildman–Crippen LogP) is 5.40. The molecule has 1 aliphatic heterocycles. The highest BCUT2D eigenvalue weighted by Gasteiger charge is 2.51. The van der Waals surface area contributed by atoms with E-state index >= 15 is 0 Å². The molecule has 6 heteroatoms. The monoisotopic (exact) mass is 425 g/mol. The number of amides is 1. The summed E-state index contributed by atoms with van der Waals surface area (Å²) in [6, 6.07) is 7.58. The molecule has 6 nitrogen and oxygen atoms in total. The van der Waals surface area contributed by atoms with Crippen molar-refractivity contribution in [3.8, 4) is 17.1 Å². The van der Waals surface area contributed by atoms with Crippen LogP contribution in [-0.4, -0.2) is 42.1 Å². The minimum absolute atomic E-state index is 0.0406. The van der Waals surface area contributed by atoms with Gasteiger partial charge in [-0.15, -0.1) is 0 Å². The maximum absolute atomic E-state index is 13.4. The number of ether oxygens (including phenoxy) is 2. The molecule has 0 radical (unpaired) electrons. The average molecular weight is 426 g/mol. The molecule has 1 saturated carbocycles. The Kier molecular flexibility index (Phi) is 5.36. The van der Waals surface area contributed by atoms with Crippen LogP contribution in [0.2, 0.25) is 0 Å². The summed E-state index contributed by atoms with van der Waals surface area (Å²) in [4.78, 5) is 27.8. The first kappa shape index (κ1) is 21.5. The van der Waals surface area contributed by atoms with Crippen LogP contribution >= 0.6 is 0 Å². The van der Waals surface area contributed by atoms with Crippen molar-refractivity contribution in [3.05, 3.63) is 41.2 Å². The van der Waals surface area contributed by atoms with E-state index in [1.54, 1.807) is 18.1 Å². The molecule has 31 heavy (non-hydrogen) atoms. The molecule has 2 aromatic rings. The van der Waals surface area contributed by atoms with Gasteiger partial charge in [-0.1, -0.05) is 6.07 Å². The Hall–Kier alpha value is -2.76. The molecule has 0 N–H and O–H groups in total. The molecule has 2 heterocycles. The molecule has 0 spiro atoms. The predicted molar refractivity (Wildman–Crippen MR) is 117 cm³/mol. The Morgan fingerprint density at radius 1 is 1.13 bits per heavy atom. The van der Waals surface area contributed by atoms with Crippen LogP contribution in [0, 0.1) is 25.7 Å². The summed E-state index contributed by atoms with van der Waals surface area (Å²) >= 11 is 0. The quantitative estimate of drug-likeness (QED) is 0.614. The standard InChI is InChI=1S/C25H31NO5/c1-14-7-8-17(20(9-14)29-6)23-15(2)10-21(30-23)22(27)18-11-16-12-19(18)26(13-16)24(28)31-25(3,4)5/h7-10,16,18-19H,11-13H2,1-6H3. The van der Waals surface area contributed by atoms with E-state index in [1.165, 1.54) is 0 Å². The molecule has 166 valence electrons. The normalized spacial score (nSPS) is 22.6. The van der Waals surface area contributed by atoms with Gasteiger partial charge < -0.3 is 18.8 Å². The third-order valence-electron chi connectivity index (χ3n) is 6.21. The molecule has 2 fully saturated rings. The molecule has 1 amide bonds. The fourth-order valence-electron chi connectivity index (χ4n) is 4.88.